The van der Waals surface area contributed by atoms with Gasteiger partial charge < -0.3 is 24.3 Å². The van der Waals surface area contributed by atoms with Crippen LogP contribution in [0.3, 0.4) is 0 Å². The Morgan fingerprint density at radius 1 is 1.16 bits per heavy atom. The predicted octanol–water partition coefficient (Wildman–Crippen LogP) is 4.14. The number of aromatic nitrogens is 2. The van der Waals surface area contributed by atoms with Crippen molar-refractivity contribution in [2.45, 2.75) is 19.5 Å². The highest BCUT2D eigenvalue weighted by Gasteiger charge is 2.43. The molecule has 0 spiro atoms. The Balaban J connectivity index is 1.70. The molecule has 32 heavy (non-hydrogen) atoms. The Bertz CT molecular complexity index is 1310. The Labute approximate surface area is 183 Å². The number of nitrogens with zero attached hydrogens (tertiary/aromatic N) is 2. The summed E-state index contributed by atoms with van der Waals surface area (Å²) in [7, 11) is 1.47. The van der Waals surface area contributed by atoms with Crippen molar-refractivity contribution in [2.24, 2.45) is 0 Å². The number of carbonyl (C=O) groups excluding carboxylic acids is 1. The molecule has 8 nitrogen and oxygen atoms in total. The Kier molecular flexibility index (Phi) is 4.62. The molecule has 1 aliphatic heterocycles. The second-order valence-corrected chi connectivity index (χ2v) is 7.73. The highest BCUT2D eigenvalue weighted by atomic mass is 16.5. The van der Waals surface area contributed by atoms with Gasteiger partial charge in [-0.05, 0) is 48.9 Å². The summed E-state index contributed by atoms with van der Waals surface area (Å²) in [6.45, 7) is 2.16. The van der Waals surface area contributed by atoms with Gasteiger partial charge in [-0.25, -0.2) is 0 Å². The summed E-state index contributed by atoms with van der Waals surface area (Å²) in [5.74, 6) is 0.766. The summed E-state index contributed by atoms with van der Waals surface area (Å²) < 4.78 is 10.8. The molecular formula is C24H21N3O5. The largest absolute Gasteiger partial charge is 0.507 e. The number of furan rings is 1. The van der Waals surface area contributed by atoms with Gasteiger partial charge in [0, 0.05) is 11.1 Å². The quantitative estimate of drug-likeness (QED) is 0.438. The van der Waals surface area contributed by atoms with Crippen molar-refractivity contribution in [1.82, 2.24) is 15.1 Å². The number of fused-ring (bicyclic) bond motifs is 1. The third-order valence-corrected chi connectivity index (χ3v) is 5.70. The molecule has 1 unspecified atom stereocenters. The van der Waals surface area contributed by atoms with Gasteiger partial charge >= 0.3 is 0 Å². The van der Waals surface area contributed by atoms with Crippen LogP contribution < -0.4 is 4.74 Å². The first-order valence-electron chi connectivity index (χ1n) is 10.1. The first kappa shape index (κ1) is 19.7. The van der Waals surface area contributed by atoms with E-state index in [9.17, 15) is 15.0 Å². The Hall–Kier alpha value is -4.20. The number of aromatic hydroxyl groups is 2. The van der Waals surface area contributed by atoms with Crippen LogP contribution in [-0.4, -0.2) is 38.3 Å². The molecule has 0 saturated heterocycles. The number of phenolic OH excluding ortho intramolecular Hbond substituents is 2. The van der Waals surface area contributed by atoms with Crippen molar-refractivity contribution in [3.8, 4) is 28.5 Å². The zero-order chi connectivity index (χ0) is 22.4. The van der Waals surface area contributed by atoms with Crippen LogP contribution in [0.2, 0.25) is 0 Å². The lowest BCUT2D eigenvalue weighted by Gasteiger charge is -2.26. The van der Waals surface area contributed by atoms with E-state index < -0.39 is 6.04 Å². The van der Waals surface area contributed by atoms with E-state index in [-0.39, 0.29) is 24.0 Å². The van der Waals surface area contributed by atoms with Gasteiger partial charge in [-0.3, -0.25) is 9.89 Å². The van der Waals surface area contributed by atoms with Crippen LogP contribution in [0.15, 0.2) is 59.2 Å². The molecule has 0 bridgehead atoms. The summed E-state index contributed by atoms with van der Waals surface area (Å²) in [5.41, 5.74) is 3.71. The van der Waals surface area contributed by atoms with Crippen LogP contribution >= 0.6 is 0 Å². The fraction of sp³-hybridized carbons (Fsp3) is 0.167. The smallest absolute Gasteiger partial charge is 0.273 e. The van der Waals surface area contributed by atoms with Gasteiger partial charge in [-0.2, -0.15) is 5.10 Å². The Morgan fingerprint density at radius 3 is 2.72 bits per heavy atom. The summed E-state index contributed by atoms with van der Waals surface area (Å²) in [4.78, 5) is 15.1. The molecule has 5 rings (SSSR count). The number of phenols is 2. The summed E-state index contributed by atoms with van der Waals surface area (Å²) in [5, 5.41) is 27.9. The van der Waals surface area contributed by atoms with Gasteiger partial charge in [0.25, 0.3) is 5.91 Å². The number of hydrogen-bond donors (Lipinski definition) is 3. The number of aryl methyl sites for hydroxylation is 1. The lowest BCUT2D eigenvalue weighted by Crippen LogP contribution is -2.29. The van der Waals surface area contributed by atoms with E-state index in [0.717, 1.165) is 11.1 Å². The molecule has 2 aromatic heterocycles. The fourth-order valence-electron chi connectivity index (χ4n) is 4.19. The highest BCUT2D eigenvalue weighted by Crippen LogP contribution is 2.46. The van der Waals surface area contributed by atoms with Crippen molar-refractivity contribution in [1.29, 1.82) is 0 Å². The van der Waals surface area contributed by atoms with E-state index in [1.807, 2.05) is 19.1 Å². The van der Waals surface area contributed by atoms with Crippen molar-refractivity contribution in [2.75, 3.05) is 7.11 Å². The third kappa shape index (κ3) is 3.08. The van der Waals surface area contributed by atoms with Crippen LogP contribution in [0, 0.1) is 6.92 Å². The van der Waals surface area contributed by atoms with E-state index in [1.165, 1.54) is 13.2 Å². The van der Waals surface area contributed by atoms with E-state index in [4.69, 9.17) is 9.15 Å². The minimum absolute atomic E-state index is 0.00197. The minimum Gasteiger partial charge on any atom is -0.507 e. The molecular weight excluding hydrogens is 410 g/mol. The molecule has 0 radical (unpaired) electrons. The second kappa shape index (κ2) is 7.49. The first-order chi connectivity index (χ1) is 15.5. The molecule has 0 aliphatic carbocycles. The van der Waals surface area contributed by atoms with Gasteiger partial charge in [0.15, 0.2) is 11.5 Å². The third-order valence-electron chi connectivity index (χ3n) is 5.70. The molecule has 3 N–H and O–H groups in total. The average Bonchev–Trinajstić information content (AvgIpc) is 3.50. The van der Waals surface area contributed by atoms with Gasteiger partial charge in [0.05, 0.1) is 26.0 Å². The summed E-state index contributed by atoms with van der Waals surface area (Å²) in [6.07, 6.45) is 1.56. The molecule has 3 heterocycles. The van der Waals surface area contributed by atoms with E-state index in [1.54, 1.807) is 41.5 Å². The maximum atomic E-state index is 13.4. The van der Waals surface area contributed by atoms with Gasteiger partial charge in [-0.15, -0.1) is 0 Å². The molecule has 162 valence electrons. The number of amides is 1. The van der Waals surface area contributed by atoms with Crippen molar-refractivity contribution in [3.63, 3.8) is 0 Å². The maximum absolute atomic E-state index is 13.4. The monoisotopic (exact) mass is 431 g/mol. The van der Waals surface area contributed by atoms with E-state index in [0.29, 0.717) is 34.0 Å². The molecule has 1 atom stereocenters. The number of carbonyl (C=O) groups is 1. The van der Waals surface area contributed by atoms with Crippen molar-refractivity contribution < 1.29 is 24.2 Å². The topological polar surface area (TPSA) is 112 Å². The first-order valence-corrected chi connectivity index (χ1v) is 10.1. The number of ether oxygens (including phenoxy) is 1. The van der Waals surface area contributed by atoms with Crippen LogP contribution in [0.4, 0.5) is 0 Å². The lowest BCUT2D eigenvalue weighted by molar-refractivity contribution is 0.0717. The van der Waals surface area contributed by atoms with Gasteiger partial charge in [0.2, 0.25) is 0 Å². The molecule has 8 heteroatoms. The van der Waals surface area contributed by atoms with Crippen LogP contribution in [0.25, 0.3) is 11.3 Å². The number of H-pyrrole nitrogens is 1. The Morgan fingerprint density at radius 2 is 1.97 bits per heavy atom. The molecule has 0 fully saturated rings. The molecule has 1 aliphatic rings. The lowest BCUT2D eigenvalue weighted by atomic mass is 9.94. The van der Waals surface area contributed by atoms with Crippen LogP contribution in [0.1, 0.15) is 39.0 Å². The van der Waals surface area contributed by atoms with E-state index in [2.05, 4.69) is 10.2 Å². The fourth-order valence-corrected chi connectivity index (χ4v) is 4.19. The minimum atomic E-state index is -0.536. The number of hydrogen-bond acceptors (Lipinski definition) is 6. The SMILES string of the molecule is COc1cc(C2c3c(-c4cc(C)ccc4O)n[nH]c3C(=O)N2Cc2ccco2)ccc1O. The maximum Gasteiger partial charge on any atom is 0.273 e. The number of aromatic amines is 1. The molecule has 1 amide bonds. The molecule has 4 aromatic rings. The standard InChI is InChI=1S/C24H21N3O5/c1-13-5-7-17(28)16(10-13)21-20-22(26-25-21)24(30)27(12-15-4-3-9-32-15)23(20)14-6-8-18(29)19(11-14)31-2/h3-11,23,28-29H,12H2,1-2H3,(H,25,26). The van der Waals surface area contributed by atoms with Crippen molar-refractivity contribution >= 4 is 5.91 Å². The normalized spacial score (nSPS) is 15.2. The molecule has 2 aromatic carbocycles. The second-order valence-electron chi connectivity index (χ2n) is 7.73. The summed E-state index contributed by atoms with van der Waals surface area (Å²) in [6, 6.07) is 13.3. The number of methoxy groups -OCH3 is 1. The van der Waals surface area contributed by atoms with Crippen LogP contribution in [-0.2, 0) is 6.54 Å². The zero-order valence-corrected chi connectivity index (χ0v) is 17.5. The highest BCUT2D eigenvalue weighted by molar-refractivity contribution is 6.00. The average molecular weight is 431 g/mol. The van der Waals surface area contributed by atoms with E-state index >= 15 is 0 Å². The van der Waals surface area contributed by atoms with Crippen molar-refractivity contribution in [3.05, 3.63) is 82.9 Å². The van der Waals surface area contributed by atoms with Gasteiger partial charge in [0.1, 0.15) is 22.9 Å². The zero-order valence-electron chi connectivity index (χ0n) is 17.5. The molecule has 0 saturated carbocycles. The summed E-state index contributed by atoms with van der Waals surface area (Å²) >= 11 is 0. The number of rotatable bonds is 5. The number of nitrogens with one attached hydrogen (secondary N) is 1. The predicted molar refractivity (Wildman–Crippen MR) is 116 cm³/mol. The van der Waals surface area contributed by atoms with Gasteiger partial charge in [-0.1, -0.05) is 17.7 Å². The number of benzene rings is 2. The van der Waals surface area contributed by atoms with Crippen LogP contribution in [0.5, 0.6) is 17.2 Å².